The summed E-state index contributed by atoms with van der Waals surface area (Å²) >= 11 is 0. The van der Waals surface area contributed by atoms with Crippen molar-refractivity contribution in [2.45, 2.75) is 12.5 Å². The molecule has 108 valence electrons. The summed E-state index contributed by atoms with van der Waals surface area (Å²) in [4.78, 5) is 0. The van der Waals surface area contributed by atoms with Gasteiger partial charge in [0.05, 0.1) is 27.6 Å². The van der Waals surface area contributed by atoms with Crippen LogP contribution in [-0.4, -0.2) is 26.4 Å². The standard InChI is InChI=1S/C15H18O5/c1-17-13-8-10(9-14(18-2)15(13)19-3)7-11(16)12-5-4-6-20-12/h4-6,8-9,11,16H,7H2,1-3H3. The zero-order valence-corrected chi connectivity index (χ0v) is 11.8. The zero-order valence-electron chi connectivity index (χ0n) is 11.8. The summed E-state index contributed by atoms with van der Waals surface area (Å²) in [6, 6.07) is 7.11. The number of hydrogen-bond acceptors (Lipinski definition) is 5. The van der Waals surface area contributed by atoms with E-state index >= 15 is 0 Å². The van der Waals surface area contributed by atoms with Crippen LogP contribution in [0.15, 0.2) is 34.9 Å². The summed E-state index contributed by atoms with van der Waals surface area (Å²) in [5.74, 6) is 2.19. The molecule has 1 atom stereocenters. The zero-order chi connectivity index (χ0) is 14.5. The van der Waals surface area contributed by atoms with Crippen LogP contribution >= 0.6 is 0 Å². The Kier molecular flexibility index (Phi) is 4.53. The van der Waals surface area contributed by atoms with Gasteiger partial charge in [-0.1, -0.05) is 0 Å². The van der Waals surface area contributed by atoms with Crippen LogP contribution in [0, 0.1) is 0 Å². The summed E-state index contributed by atoms with van der Waals surface area (Å²) in [5, 5.41) is 10.1. The summed E-state index contributed by atoms with van der Waals surface area (Å²) < 4.78 is 21.0. The number of methoxy groups -OCH3 is 3. The lowest BCUT2D eigenvalue weighted by molar-refractivity contribution is 0.150. The molecule has 1 heterocycles. The highest BCUT2D eigenvalue weighted by Crippen LogP contribution is 2.39. The number of ether oxygens (including phenoxy) is 3. The van der Waals surface area contributed by atoms with E-state index in [1.807, 2.05) is 12.1 Å². The van der Waals surface area contributed by atoms with Crippen molar-refractivity contribution in [1.82, 2.24) is 0 Å². The quantitative estimate of drug-likeness (QED) is 0.880. The normalized spacial score (nSPS) is 12.0. The van der Waals surface area contributed by atoms with Crippen molar-refractivity contribution in [2.24, 2.45) is 0 Å². The smallest absolute Gasteiger partial charge is 0.203 e. The topological polar surface area (TPSA) is 61.1 Å². The summed E-state index contributed by atoms with van der Waals surface area (Å²) in [7, 11) is 4.67. The fourth-order valence-corrected chi connectivity index (χ4v) is 2.06. The molecule has 20 heavy (non-hydrogen) atoms. The van der Waals surface area contributed by atoms with Crippen LogP contribution < -0.4 is 14.2 Å². The molecule has 0 radical (unpaired) electrons. The Labute approximate surface area is 117 Å². The average molecular weight is 278 g/mol. The van der Waals surface area contributed by atoms with Crippen molar-refractivity contribution in [3.63, 3.8) is 0 Å². The van der Waals surface area contributed by atoms with Gasteiger partial charge in [0.15, 0.2) is 11.5 Å². The third kappa shape index (κ3) is 2.88. The first kappa shape index (κ1) is 14.3. The predicted molar refractivity (Wildman–Crippen MR) is 73.5 cm³/mol. The second-order valence-corrected chi connectivity index (χ2v) is 4.27. The number of rotatable bonds is 6. The molecule has 0 aliphatic rings. The maximum Gasteiger partial charge on any atom is 0.203 e. The minimum Gasteiger partial charge on any atom is -0.493 e. The second kappa shape index (κ2) is 6.34. The molecule has 0 bridgehead atoms. The largest absolute Gasteiger partial charge is 0.493 e. The van der Waals surface area contributed by atoms with E-state index in [1.165, 1.54) is 6.26 Å². The van der Waals surface area contributed by atoms with Crippen LogP contribution in [0.25, 0.3) is 0 Å². The summed E-state index contributed by atoms with van der Waals surface area (Å²) in [5.41, 5.74) is 0.864. The number of benzene rings is 1. The lowest BCUT2D eigenvalue weighted by Crippen LogP contribution is -2.02. The second-order valence-electron chi connectivity index (χ2n) is 4.27. The van der Waals surface area contributed by atoms with E-state index in [9.17, 15) is 5.11 Å². The van der Waals surface area contributed by atoms with Crippen molar-refractivity contribution in [3.8, 4) is 17.2 Å². The average Bonchev–Trinajstić information content (AvgIpc) is 3.00. The number of hydrogen-bond donors (Lipinski definition) is 1. The summed E-state index contributed by atoms with van der Waals surface area (Å²) in [6.07, 6.45) is 1.21. The fourth-order valence-electron chi connectivity index (χ4n) is 2.06. The molecule has 0 aliphatic heterocycles. The molecule has 0 spiro atoms. The molecule has 1 unspecified atom stereocenters. The molecule has 1 N–H and O–H groups in total. The van der Waals surface area contributed by atoms with Gasteiger partial charge < -0.3 is 23.7 Å². The third-order valence-electron chi connectivity index (χ3n) is 3.03. The Morgan fingerprint density at radius 1 is 1.10 bits per heavy atom. The molecule has 0 saturated carbocycles. The molecular weight excluding hydrogens is 260 g/mol. The minimum absolute atomic E-state index is 0.393. The number of furan rings is 1. The van der Waals surface area contributed by atoms with E-state index in [2.05, 4.69) is 0 Å². The van der Waals surface area contributed by atoms with Gasteiger partial charge in [-0.3, -0.25) is 0 Å². The van der Waals surface area contributed by atoms with Gasteiger partial charge >= 0.3 is 0 Å². The van der Waals surface area contributed by atoms with E-state index in [-0.39, 0.29) is 0 Å². The van der Waals surface area contributed by atoms with E-state index in [0.29, 0.717) is 29.4 Å². The highest BCUT2D eigenvalue weighted by Gasteiger charge is 2.17. The van der Waals surface area contributed by atoms with Crippen LogP contribution in [0.4, 0.5) is 0 Å². The van der Waals surface area contributed by atoms with Crippen molar-refractivity contribution in [2.75, 3.05) is 21.3 Å². The Bertz CT molecular complexity index is 522. The van der Waals surface area contributed by atoms with Crippen LogP contribution in [-0.2, 0) is 6.42 Å². The van der Waals surface area contributed by atoms with Gasteiger partial charge in [0.25, 0.3) is 0 Å². The molecule has 0 fully saturated rings. The lowest BCUT2D eigenvalue weighted by atomic mass is 10.0. The Balaban J connectivity index is 2.28. The van der Waals surface area contributed by atoms with Crippen LogP contribution in [0.3, 0.4) is 0 Å². The van der Waals surface area contributed by atoms with Gasteiger partial charge in [0, 0.05) is 6.42 Å². The molecule has 0 aliphatic carbocycles. The van der Waals surface area contributed by atoms with Crippen molar-refractivity contribution < 1.29 is 23.7 Å². The Hall–Kier alpha value is -2.14. The number of aliphatic hydroxyl groups excluding tert-OH is 1. The van der Waals surface area contributed by atoms with Crippen molar-refractivity contribution in [1.29, 1.82) is 0 Å². The summed E-state index contributed by atoms with van der Waals surface area (Å²) in [6.45, 7) is 0. The molecule has 2 rings (SSSR count). The lowest BCUT2D eigenvalue weighted by Gasteiger charge is -2.15. The first-order chi connectivity index (χ1) is 9.69. The molecular formula is C15H18O5. The third-order valence-corrected chi connectivity index (χ3v) is 3.03. The van der Waals surface area contributed by atoms with Gasteiger partial charge in [-0.15, -0.1) is 0 Å². The molecule has 2 aromatic rings. The van der Waals surface area contributed by atoms with Gasteiger partial charge in [-0.25, -0.2) is 0 Å². The van der Waals surface area contributed by atoms with E-state index in [4.69, 9.17) is 18.6 Å². The minimum atomic E-state index is -0.715. The predicted octanol–water partition coefficient (Wildman–Crippen LogP) is 2.58. The molecule has 0 saturated heterocycles. The molecule has 1 aromatic heterocycles. The maximum absolute atomic E-state index is 10.1. The van der Waals surface area contributed by atoms with Gasteiger partial charge in [0.2, 0.25) is 5.75 Å². The first-order valence-corrected chi connectivity index (χ1v) is 6.20. The van der Waals surface area contributed by atoms with Gasteiger partial charge in [-0.05, 0) is 29.8 Å². The highest BCUT2D eigenvalue weighted by molar-refractivity contribution is 5.54. The molecule has 0 amide bonds. The maximum atomic E-state index is 10.1. The molecule has 5 heteroatoms. The van der Waals surface area contributed by atoms with Crippen LogP contribution in [0.1, 0.15) is 17.4 Å². The number of aliphatic hydroxyl groups is 1. The Morgan fingerprint density at radius 3 is 2.20 bits per heavy atom. The fraction of sp³-hybridized carbons (Fsp3) is 0.333. The molecule has 5 nitrogen and oxygen atoms in total. The van der Waals surface area contributed by atoms with Gasteiger partial charge in [0.1, 0.15) is 11.9 Å². The van der Waals surface area contributed by atoms with E-state index in [0.717, 1.165) is 5.56 Å². The van der Waals surface area contributed by atoms with Crippen LogP contribution in [0.2, 0.25) is 0 Å². The van der Waals surface area contributed by atoms with Crippen LogP contribution in [0.5, 0.6) is 17.2 Å². The van der Waals surface area contributed by atoms with Crippen molar-refractivity contribution >= 4 is 0 Å². The SMILES string of the molecule is COc1cc(CC(O)c2ccco2)cc(OC)c1OC. The van der Waals surface area contributed by atoms with E-state index in [1.54, 1.807) is 33.5 Å². The Morgan fingerprint density at radius 2 is 1.75 bits per heavy atom. The molecule has 1 aromatic carbocycles. The monoisotopic (exact) mass is 278 g/mol. The highest BCUT2D eigenvalue weighted by atomic mass is 16.5. The first-order valence-electron chi connectivity index (χ1n) is 6.20. The van der Waals surface area contributed by atoms with E-state index < -0.39 is 6.10 Å². The van der Waals surface area contributed by atoms with Crippen molar-refractivity contribution in [3.05, 3.63) is 41.9 Å². The van der Waals surface area contributed by atoms with Gasteiger partial charge in [-0.2, -0.15) is 0 Å².